The number of aryl methyl sites for hydroxylation is 1. The van der Waals surface area contributed by atoms with Crippen LogP contribution in [0.25, 0.3) is 0 Å². The molecule has 0 aromatic heterocycles. The molecule has 1 amide bonds. The fourth-order valence-electron chi connectivity index (χ4n) is 2.63. The predicted molar refractivity (Wildman–Crippen MR) is 97.8 cm³/mol. The van der Waals surface area contributed by atoms with Gasteiger partial charge in [0.2, 0.25) is 0 Å². The smallest absolute Gasteiger partial charge is 0.251 e. The van der Waals surface area contributed by atoms with E-state index in [4.69, 9.17) is 14.2 Å². The highest BCUT2D eigenvalue weighted by atomic mass is 16.5. The Balaban J connectivity index is 2.20. The number of methoxy groups -OCH3 is 2. The molecule has 0 fully saturated rings. The third kappa shape index (κ3) is 4.44. The second-order valence-corrected chi connectivity index (χ2v) is 5.74. The SMILES string of the molecule is CCOc1ccc(C(=O)N[C@@H](C)c2cc(C)ccc2OC)cc1OC. The Morgan fingerprint density at radius 3 is 2.36 bits per heavy atom. The molecule has 0 unspecified atom stereocenters. The van der Waals surface area contributed by atoms with E-state index in [2.05, 4.69) is 5.32 Å². The molecule has 0 radical (unpaired) electrons. The van der Waals surface area contributed by atoms with Crippen molar-refractivity contribution in [3.8, 4) is 17.2 Å². The maximum absolute atomic E-state index is 12.6. The normalized spacial score (nSPS) is 11.6. The summed E-state index contributed by atoms with van der Waals surface area (Å²) in [6.07, 6.45) is 0. The van der Waals surface area contributed by atoms with E-state index in [1.54, 1.807) is 32.4 Å². The van der Waals surface area contributed by atoms with E-state index in [-0.39, 0.29) is 11.9 Å². The largest absolute Gasteiger partial charge is 0.496 e. The molecule has 25 heavy (non-hydrogen) atoms. The fourth-order valence-corrected chi connectivity index (χ4v) is 2.63. The number of hydrogen-bond donors (Lipinski definition) is 1. The lowest BCUT2D eigenvalue weighted by Gasteiger charge is -2.18. The lowest BCUT2D eigenvalue weighted by molar-refractivity contribution is 0.0939. The summed E-state index contributed by atoms with van der Waals surface area (Å²) in [4.78, 5) is 12.6. The third-order valence-corrected chi connectivity index (χ3v) is 3.92. The molecule has 0 spiro atoms. The van der Waals surface area contributed by atoms with Crippen molar-refractivity contribution in [3.05, 3.63) is 53.1 Å². The highest BCUT2D eigenvalue weighted by Crippen LogP contribution is 2.29. The van der Waals surface area contributed by atoms with Gasteiger partial charge >= 0.3 is 0 Å². The molecule has 0 saturated carbocycles. The third-order valence-electron chi connectivity index (χ3n) is 3.92. The summed E-state index contributed by atoms with van der Waals surface area (Å²) in [5.41, 5.74) is 2.56. The molecule has 0 bridgehead atoms. The molecule has 0 saturated heterocycles. The molecule has 0 aliphatic rings. The van der Waals surface area contributed by atoms with Gasteiger partial charge in [0.25, 0.3) is 5.91 Å². The van der Waals surface area contributed by atoms with Gasteiger partial charge in [-0.1, -0.05) is 17.7 Å². The van der Waals surface area contributed by atoms with Gasteiger partial charge in [0.15, 0.2) is 11.5 Å². The lowest BCUT2D eigenvalue weighted by atomic mass is 10.0. The average molecular weight is 343 g/mol. The number of hydrogen-bond acceptors (Lipinski definition) is 4. The molecular formula is C20H25NO4. The average Bonchev–Trinajstić information content (AvgIpc) is 2.62. The summed E-state index contributed by atoms with van der Waals surface area (Å²) < 4.78 is 16.2. The van der Waals surface area contributed by atoms with Gasteiger partial charge in [-0.2, -0.15) is 0 Å². The number of nitrogens with one attached hydrogen (secondary N) is 1. The Morgan fingerprint density at radius 1 is 1.04 bits per heavy atom. The van der Waals surface area contributed by atoms with E-state index in [1.165, 1.54) is 0 Å². The zero-order valence-electron chi connectivity index (χ0n) is 15.4. The van der Waals surface area contributed by atoms with Crippen LogP contribution in [-0.2, 0) is 0 Å². The van der Waals surface area contributed by atoms with Gasteiger partial charge in [0, 0.05) is 11.1 Å². The summed E-state index contributed by atoms with van der Waals surface area (Å²) in [7, 11) is 3.18. The Hall–Kier alpha value is -2.69. The van der Waals surface area contributed by atoms with E-state index in [9.17, 15) is 4.79 Å². The molecule has 5 nitrogen and oxygen atoms in total. The van der Waals surface area contributed by atoms with E-state index in [1.807, 2.05) is 39.0 Å². The van der Waals surface area contributed by atoms with Gasteiger partial charge in [0.05, 0.1) is 26.9 Å². The molecule has 134 valence electrons. The first kappa shape index (κ1) is 18.6. The minimum atomic E-state index is -0.195. The number of rotatable bonds is 7. The fraction of sp³-hybridized carbons (Fsp3) is 0.350. The van der Waals surface area contributed by atoms with Crippen LogP contribution in [0.4, 0.5) is 0 Å². The van der Waals surface area contributed by atoms with Gasteiger partial charge in [-0.15, -0.1) is 0 Å². The Morgan fingerprint density at radius 2 is 1.72 bits per heavy atom. The van der Waals surface area contributed by atoms with Crippen LogP contribution in [0.2, 0.25) is 0 Å². The molecule has 1 N–H and O–H groups in total. The molecule has 5 heteroatoms. The Bertz CT molecular complexity index is 742. The van der Waals surface area contributed by atoms with Crippen LogP contribution in [0.15, 0.2) is 36.4 Å². The van der Waals surface area contributed by atoms with Crippen LogP contribution in [0, 0.1) is 6.92 Å². The Kier molecular flexibility index (Phi) is 6.28. The number of carbonyl (C=O) groups excluding carboxylic acids is 1. The van der Waals surface area contributed by atoms with E-state index in [0.29, 0.717) is 23.7 Å². The summed E-state index contributed by atoms with van der Waals surface area (Å²) in [5, 5.41) is 3.00. The van der Waals surface area contributed by atoms with Crippen LogP contribution >= 0.6 is 0 Å². The first-order valence-corrected chi connectivity index (χ1v) is 8.26. The molecule has 2 rings (SSSR count). The maximum atomic E-state index is 12.6. The van der Waals surface area contributed by atoms with Crippen LogP contribution in [0.3, 0.4) is 0 Å². The van der Waals surface area contributed by atoms with E-state index in [0.717, 1.165) is 16.9 Å². The second-order valence-electron chi connectivity index (χ2n) is 5.74. The number of ether oxygens (including phenoxy) is 3. The van der Waals surface area contributed by atoms with Gasteiger partial charge in [-0.3, -0.25) is 4.79 Å². The van der Waals surface area contributed by atoms with Crippen molar-refractivity contribution >= 4 is 5.91 Å². The van der Waals surface area contributed by atoms with Gasteiger partial charge in [-0.05, 0) is 45.0 Å². The zero-order valence-corrected chi connectivity index (χ0v) is 15.4. The molecule has 0 heterocycles. The molecule has 2 aromatic rings. The van der Waals surface area contributed by atoms with Crippen molar-refractivity contribution in [2.75, 3.05) is 20.8 Å². The summed E-state index contributed by atoms with van der Waals surface area (Å²) >= 11 is 0. The van der Waals surface area contributed by atoms with Crippen molar-refractivity contribution < 1.29 is 19.0 Å². The molecular weight excluding hydrogens is 318 g/mol. The summed E-state index contributed by atoms with van der Waals surface area (Å²) in [6.45, 7) is 6.37. The first-order valence-electron chi connectivity index (χ1n) is 8.26. The van der Waals surface area contributed by atoms with Crippen molar-refractivity contribution in [1.82, 2.24) is 5.32 Å². The topological polar surface area (TPSA) is 56.8 Å². The van der Waals surface area contributed by atoms with Crippen LogP contribution < -0.4 is 19.5 Å². The van der Waals surface area contributed by atoms with E-state index >= 15 is 0 Å². The monoisotopic (exact) mass is 343 g/mol. The minimum Gasteiger partial charge on any atom is -0.496 e. The number of carbonyl (C=O) groups is 1. The van der Waals surface area contributed by atoms with Crippen LogP contribution in [0.5, 0.6) is 17.2 Å². The van der Waals surface area contributed by atoms with Gasteiger partial charge in [-0.25, -0.2) is 0 Å². The van der Waals surface area contributed by atoms with E-state index < -0.39 is 0 Å². The second kappa shape index (κ2) is 8.42. The lowest BCUT2D eigenvalue weighted by Crippen LogP contribution is -2.27. The van der Waals surface area contributed by atoms with Crippen molar-refractivity contribution in [3.63, 3.8) is 0 Å². The molecule has 0 aliphatic carbocycles. The molecule has 2 aromatic carbocycles. The molecule has 1 atom stereocenters. The van der Waals surface area contributed by atoms with Crippen LogP contribution in [-0.4, -0.2) is 26.7 Å². The first-order chi connectivity index (χ1) is 12.0. The standard InChI is InChI=1S/C20H25NO4/c1-6-25-18-10-8-15(12-19(18)24-5)20(22)21-14(3)16-11-13(2)7-9-17(16)23-4/h7-12,14H,6H2,1-5H3,(H,21,22)/t14-/m0/s1. The predicted octanol–water partition coefficient (Wildman–Crippen LogP) is 3.90. The minimum absolute atomic E-state index is 0.183. The van der Waals surface area contributed by atoms with Gasteiger partial charge < -0.3 is 19.5 Å². The zero-order chi connectivity index (χ0) is 18.4. The highest BCUT2D eigenvalue weighted by molar-refractivity contribution is 5.95. The number of benzene rings is 2. The van der Waals surface area contributed by atoms with Crippen molar-refractivity contribution in [1.29, 1.82) is 0 Å². The number of amides is 1. The van der Waals surface area contributed by atoms with Crippen LogP contribution in [0.1, 0.15) is 41.4 Å². The summed E-state index contributed by atoms with van der Waals surface area (Å²) in [6, 6.07) is 10.9. The highest BCUT2D eigenvalue weighted by Gasteiger charge is 2.17. The maximum Gasteiger partial charge on any atom is 0.251 e. The molecule has 0 aliphatic heterocycles. The Labute approximate surface area is 148 Å². The quantitative estimate of drug-likeness (QED) is 0.828. The van der Waals surface area contributed by atoms with Gasteiger partial charge in [0.1, 0.15) is 5.75 Å². The van der Waals surface area contributed by atoms with Crippen molar-refractivity contribution in [2.24, 2.45) is 0 Å². The summed E-state index contributed by atoms with van der Waals surface area (Å²) in [5.74, 6) is 1.73. The van der Waals surface area contributed by atoms with Crippen molar-refractivity contribution in [2.45, 2.75) is 26.8 Å².